The monoisotopic (exact) mass is 364 g/mol. The van der Waals surface area contributed by atoms with Gasteiger partial charge in [-0.2, -0.15) is 0 Å². The number of benzene rings is 2. The highest BCUT2D eigenvalue weighted by Gasteiger charge is 2.32. The third kappa shape index (κ3) is 3.77. The predicted molar refractivity (Wildman–Crippen MR) is 85.9 cm³/mol. The van der Waals surface area contributed by atoms with E-state index in [-0.39, 0.29) is 17.2 Å². The average Bonchev–Trinajstić information content (AvgIpc) is 2.53. The Bertz CT molecular complexity index is 868. The van der Waals surface area contributed by atoms with E-state index in [2.05, 4.69) is 0 Å². The Morgan fingerprint density at radius 3 is 2.54 bits per heavy atom. The zero-order valence-electron chi connectivity index (χ0n) is 13.4. The molecule has 0 atom stereocenters. The lowest BCUT2D eigenvalue weighted by Crippen LogP contribution is -2.49. The standard InChI is InChI=1S/C17H14F2N2O5/c18-12-2-4-15(13(19)6-12)26-16-3-1-10(5-14(16)21(24)25)7-20-8-11(9-20)17(22)23/h1-6,11H,7-9H2,(H,22,23). The summed E-state index contributed by atoms with van der Waals surface area (Å²) >= 11 is 0. The van der Waals surface area contributed by atoms with Gasteiger partial charge in [-0.05, 0) is 23.8 Å². The van der Waals surface area contributed by atoms with E-state index >= 15 is 0 Å². The second-order valence-corrected chi connectivity index (χ2v) is 5.97. The highest BCUT2D eigenvalue weighted by Crippen LogP contribution is 2.34. The molecular weight excluding hydrogens is 350 g/mol. The number of rotatable bonds is 6. The molecule has 136 valence electrons. The van der Waals surface area contributed by atoms with Crippen LogP contribution in [0.25, 0.3) is 0 Å². The first kappa shape index (κ1) is 17.7. The molecule has 0 aliphatic carbocycles. The fourth-order valence-electron chi connectivity index (χ4n) is 2.68. The first-order chi connectivity index (χ1) is 12.3. The second-order valence-electron chi connectivity index (χ2n) is 5.97. The summed E-state index contributed by atoms with van der Waals surface area (Å²) in [5.41, 5.74) is 0.244. The van der Waals surface area contributed by atoms with E-state index in [0.717, 1.165) is 12.1 Å². The number of likely N-dealkylation sites (tertiary alicyclic amines) is 1. The van der Waals surface area contributed by atoms with Gasteiger partial charge in [-0.1, -0.05) is 6.07 Å². The number of carbonyl (C=O) groups is 1. The maximum absolute atomic E-state index is 13.7. The quantitative estimate of drug-likeness (QED) is 0.625. The smallest absolute Gasteiger partial charge is 0.311 e. The Kier molecular flexibility index (Phi) is 4.81. The molecule has 0 unspecified atom stereocenters. The average molecular weight is 364 g/mol. The van der Waals surface area contributed by atoms with Crippen LogP contribution < -0.4 is 4.74 Å². The highest BCUT2D eigenvalue weighted by atomic mass is 19.1. The number of hydrogen-bond donors (Lipinski definition) is 1. The van der Waals surface area contributed by atoms with E-state index in [4.69, 9.17) is 9.84 Å². The molecule has 2 aromatic carbocycles. The van der Waals surface area contributed by atoms with E-state index in [1.54, 1.807) is 6.07 Å². The van der Waals surface area contributed by atoms with Gasteiger partial charge in [0.2, 0.25) is 5.75 Å². The van der Waals surface area contributed by atoms with Crippen molar-refractivity contribution in [3.8, 4) is 11.5 Å². The highest BCUT2D eigenvalue weighted by molar-refractivity contribution is 5.71. The molecule has 0 bridgehead atoms. The molecule has 0 spiro atoms. The van der Waals surface area contributed by atoms with Gasteiger partial charge >= 0.3 is 11.7 Å². The number of carboxylic acids is 1. The van der Waals surface area contributed by atoms with Crippen molar-refractivity contribution in [2.24, 2.45) is 5.92 Å². The SMILES string of the molecule is O=C(O)C1CN(Cc2ccc(Oc3ccc(F)cc3F)c([N+](=O)[O-])c2)C1. The Morgan fingerprint density at radius 1 is 1.23 bits per heavy atom. The van der Waals surface area contributed by atoms with Crippen LogP contribution in [-0.4, -0.2) is 34.0 Å². The van der Waals surface area contributed by atoms with Crippen molar-refractivity contribution in [3.63, 3.8) is 0 Å². The lowest BCUT2D eigenvalue weighted by atomic mass is 9.99. The van der Waals surface area contributed by atoms with Gasteiger partial charge in [0.15, 0.2) is 11.6 Å². The molecule has 3 rings (SSSR count). The van der Waals surface area contributed by atoms with Gasteiger partial charge in [0.05, 0.1) is 10.8 Å². The Hall–Kier alpha value is -3.07. The molecular formula is C17H14F2N2O5. The molecule has 26 heavy (non-hydrogen) atoms. The molecule has 0 radical (unpaired) electrons. The van der Waals surface area contributed by atoms with Gasteiger partial charge in [-0.15, -0.1) is 0 Å². The minimum absolute atomic E-state index is 0.170. The molecule has 1 N–H and O–H groups in total. The topological polar surface area (TPSA) is 92.9 Å². The summed E-state index contributed by atoms with van der Waals surface area (Å²) in [6, 6.07) is 6.88. The normalized spacial score (nSPS) is 14.7. The number of aliphatic carboxylic acids is 1. The van der Waals surface area contributed by atoms with Crippen molar-refractivity contribution in [2.45, 2.75) is 6.54 Å². The lowest BCUT2D eigenvalue weighted by molar-refractivity contribution is -0.385. The number of nitrogens with zero attached hydrogens (tertiary/aromatic N) is 2. The summed E-state index contributed by atoms with van der Waals surface area (Å²) < 4.78 is 31.9. The van der Waals surface area contributed by atoms with E-state index in [1.807, 2.05) is 4.90 Å². The van der Waals surface area contributed by atoms with Gasteiger partial charge in [0.25, 0.3) is 0 Å². The third-order valence-electron chi connectivity index (χ3n) is 4.05. The number of hydrogen-bond acceptors (Lipinski definition) is 5. The van der Waals surface area contributed by atoms with Crippen LogP contribution in [0.3, 0.4) is 0 Å². The largest absolute Gasteiger partial charge is 0.481 e. The number of carboxylic acid groups (broad SMARTS) is 1. The van der Waals surface area contributed by atoms with Crippen LogP contribution in [0.2, 0.25) is 0 Å². The van der Waals surface area contributed by atoms with Crippen molar-refractivity contribution in [3.05, 3.63) is 63.7 Å². The summed E-state index contributed by atoms with van der Waals surface area (Å²) in [7, 11) is 0. The molecule has 0 aromatic heterocycles. The number of nitro groups is 1. The Balaban J connectivity index is 1.77. The fourth-order valence-corrected chi connectivity index (χ4v) is 2.68. The molecule has 1 aliphatic rings. The van der Waals surface area contributed by atoms with E-state index in [0.29, 0.717) is 31.3 Å². The van der Waals surface area contributed by atoms with Crippen molar-refractivity contribution in [2.75, 3.05) is 13.1 Å². The summed E-state index contributed by atoms with van der Waals surface area (Å²) in [6.07, 6.45) is 0. The van der Waals surface area contributed by atoms with Crippen molar-refractivity contribution < 1.29 is 28.3 Å². The molecule has 0 saturated carbocycles. The summed E-state index contributed by atoms with van der Waals surface area (Å²) in [4.78, 5) is 23.3. The Labute approximate surface area is 146 Å². The van der Waals surface area contributed by atoms with Gasteiger partial charge in [0.1, 0.15) is 5.82 Å². The molecule has 1 fully saturated rings. The van der Waals surface area contributed by atoms with Gasteiger partial charge in [-0.25, -0.2) is 8.78 Å². The molecule has 2 aromatic rings. The summed E-state index contributed by atoms with van der Waals surface area (Å²) in [6.45, 7) is 1.11. The molecule has 1 aliphatic heterocycles. The van der Waals surface area contributed by atoms with E-state index in [1.165, 1.54) is 12.1 Å². The first-order valence-corrected chi connectivity index (χ1v) is 7.69. The van der Waals surface area contributed by atoms with Crippen LogP contribution in [0.4, 0.5) is 14.5 Å². The molecule has 9 heteroatoms. The molecule has 1 saturated heterocycles. The Morgan fingerprint density at radius 2 is 1.92 bits per heavy atom. The maximum atomic E-state index is 13.7. The maximum Gasteiger partial charge on any atom is 0.311 e. The predicted octanol–water partition coefficient (Wildman–Crippen LogP) is 3.18. The fraction of sp³-hybridized carbons (Fsp3) is 0.235. The second kappa shape index (κ2) is 7.04. The van der Waals surface area contributed by atoms with Crippen LogP contribution in [0, 0.1) is 27.7 Å². The van der Waals surface area contributed by atoms with Crippen LogP contribution in [0.5, 0.6) is 11.5 Å². The van der Waals surface area contributed by atoms with Crippen LogP contribution in [-0.2, 0) is 11.3 Å². The summed E-state index contributed by atoms with van der Waals surface area (Å²) in [5, 5.41) is 20.2. The van der Waals surface area contributed by atoms with E-state index in [9.17, 15) is 23.7 Å². The van der Waals surface area contributed by atoms with Gasteiger partial charge in [-0.3, -0.25) is 19.8 Å². The van der Waals surface area contributed by atoms with Crippen LogP contribution in [0.1, 0.15) is 5.56 Å². The minimum atomic E-state index is -0.969. The third-order valence-corrected chi connectivity index (χ3v) is 4.05. The first-order valence-electron chi connectivity index (χ1n) is 7.69. The van der Waals surface area contributed by atoms with E-state index < -0.39 is 28.4 Å². The zero-order chi connectivity index (χ0) is 18.8. The molecule has 7 nitrogen and oxygen atoms in total. The summed E-state index contributed by atoms with van der Waals surface area (Å²) in [5.74, 6) is -3.53. The van der Waals surface area contributed by atoms with Crippen LogP contribution >= 0.6 is 0 Å². The lowest BCUT2D eigenvalue weighted by Gasteiger charge is -2.36. The van der Waals surface area contributed by atoms with Crippen molar-refractivity contribution >= 4 is 11.7 Å². The van der Waals surface area contributed by atoms with Gasteiger partial charge < -0.3 is 9.84 Å². The van der Waals surface area contributed by atoms with Gasteiger partial charge in [0, 0.05) is 31.8 Å². The number of halogens is 2. The van der Waals surface area contributed by atoms with Crippen molar-refractivity contribution in [1.82, 2.24) is 4.90 Å². The van der Waals surface area contributed by atoms with Crippen molar-refractivity contribution in [1.29, 1.82) is 0 Å². The van der Waals surface area contributed by atoms with Crippen LogP contribution in [0.15, 0.2) is 36.4 Å². The zero-order valence-corrected chi connectivity index (χ0v) is 13.4. The molecule has 1 heterocycles. The number of ether oxygens (including phenoxy) is 1. The molecule has 0 amide bonds. The number of nitro benzene ring substituents is 1. The minimum Gasteiger partial charge on any atom is -0.481 e.